The van der Waals surface area contributed by atoms with Crippen LogP contribution in [0, 0.1) is 5.92 Å². The van der Waals surface area contributed by atoms with Crippen molar-refractivity contribution < 1.29 is 42.7 Å². The molecule has 0 unspecified atom stereocenters. The first kappa shape index (κ1) is 36.9. The van der Waals surface area contributed by atoms with Crippen molar-refractivity contribution in [1.82, 2.24) is 0 Å². The number of hydrogen-bond acceptors (Lipinski definition) is 9. The van der Waals surface area contributed by atoms with Crippen molar-refractivity contribution in [3.8, 4) is 0 Å². The lowest BCUT2D eigenvalue weighted by Crippen LogP contribution is -2.64. The van der Waals surface area contributed by atoms with E-state index < -0.39 is 48.4 Å². The molecular formula is C41H46O9. The van der Waals surface area contributed by atoms with Gasteiger partial charge in [-0.05, 0) is 36.1 Å². The maximum absolute atomic E-state index is 13.6. The Balaban J connectivity index is 1.54. The van der Waals surface area contributed by atoms with E-state index >= 15 is 0 Å². The van der Waals surface area contributed by atoms with Gasteiger partial charge < -0.3 is 33.2 Å². The Kier molecular flexibility index (Phi) is 14.5. The average molecular weight is 683 g/mol. The summed E-state index contributed by atoms with van der Waals surface area (Å²) in [6.07, 6.45) is -4.41. The minimum absolute atomic E-state index is 0.0668. The van der Waals surface area contributed by atoms with E-state index in [4.69, 9.17) is 33.2 Å². The average Bonchev–Trinajstić information content (AvgIpc) is 3.15. The molecule has 0 aliphatic carbocycles. The minimum atomic E-state index is -1.45. The maximum Gasteiger partial charge on any atom is 0.323 e. The van der Waals surface area contributed by atoms with E-state index in [0.717, 1.165) is 22.3 Å². The molecule has 0 amide bonds. The first-order chi connectivity index (χ1) is 24.6. The largest absolute Gasteiger partial charge is 0.465 e. The monoisotopic (exact) mass is 682 g/mol. The van der Waals surface area contributed by atoms with Gasteiger partial charge in [-0.1, -0.05) is 121 Å². The van der Waals surface area contributed by atoms with Gasteiger partial charge in [-0.15, -0.1) is 0 Å². The molecule has 1 aliphatic rings. The van der Waals surface area contributed by atoms with Crippen molar-refractivity contribution in [2.75, 3.05) is 19.8 Å². The number of carbonyl (C=O) groups excluding carboxylic acids is 2. The van der Waals surface area contributed by atoms with Crippen LogP contribution in [0.2, 0.25) is 0 Å². The van der Waals surface area contributed by atoms with Gasteiger partial charge in [0.1, 0.15) is 30.5 Å². The van der Waals surface area contributed by atoms with Crippen molar-refractivity contribution in [3.05, 3.63) is 144 Å². The van der Waals surface area contributed by atoms with Gasteiger partial charge in [-0.2, -0.15) is 0 Å². The Morgan fingerprint density at radius 2 is 0.920 bits per heavy atom. The third kappa shape index (κ3) is 10.6. The van der Waals surface area contributed by atoms with Gasteiger partial charge in [0, 0.05) is 0 Å². The van der Waals surface area contributed by atoms with Crippen LogP contribution < -0.4 is 0 Å². The fourth-order valence-electron chi connectivity index (χ4n) is 5.92. The molecule has 4 aromatic carbocycles. The molecule has 5 rings (SSSR count). The van der Waals surface area contributed by atoms with E-state index in [1.807, 2.05) is 121 Å². The van der Waals surface area contributed by atoms with Crippen molar-refractivity contribution in [3.63, 3.8) is 0 Å². The van der Waals surface area contributed by atoms with Crippen LogP contribution in [-0.2, 0) is 69.2 Å². The normalized spacial score (nSPS) is 20.3. The fraction of sp³-hybridized carbons (Fsp3) is 0.366. The zero-order valence-electron chi connectivity index (χ0n) is 28.6. The van der Waals surface area contributed by atoms with E-state index in [9.17, 15) is 9.59 Å². The van der Waals surface area contributed by atoms with Crippen LogP contribution in [0.3, 0.4) is 0 Å². The van der Waals surface area contributed by atoms with Crippen LogP contribution in [0.4, 0.5) is 0 Å². The molecule has 1 aliphatic heterocycles. The van der Waals surface area contributed by atoms with E-state index in [2.05, 4.69) is 0 Å². The molecular weight excluding hydrogens is 636 g/mol. The lowest BCUT2D eigenvalue weighted by molar-refractivity contribution is -0.281. The minimum Gasteiger partial charge on any atom is -0.465 e. The van der Waals surface area contributed by atoms with Gasteiger partial charge in [0.05, 0.1) is 46.2 Å². The highest BCUT2D eigenvalue weighted by molar-refractivity contribution is 5.95. The van der Waals surface area contributed by atoms with Gasteiger partial charge in [-0.3, -0.25) is 9.59 Å². The molecule has 264 valence electrons. The van der Waals surface area contributed by atoms with Gasteiger partial charge >= 0.3 is 11.9 Å². The first-order valence-electron chi connectivity index (χ1n) is 17.1. The van der Waals surface area contributed by atoms with Crippen LogP contribution in [0.15, 0.2) is 121 Å². The van der Waals surface area contributed by atoms with E-state index in [0.29, 0.717) is 6.61 Å². The zero-order valence-corrected chi connectivity index (χ0v) is 28.6. The molecule has 50 heavy (non-hydrogen) atoms. The SMILES string of the molecule is CCOC(=O)C(C(=O)OCC)[C@@H]1O[C@H](COCc2ccccc2)[C@H](OCc2ccccc2)[C@H](OCc2ccccc2)[C@H]1OCc1ccccc1. The van der Waals surface area contributed by atoms with Gasteiger partial charge in [0.15, 0.2) is 5.92 Å². The van der Waals surface area contributed by atoms with Crippen molar-refractivity contribution >= 4 is 11.9 Å². The number of rotatable bonds is 18. The van der Waals surface area contributed by atoms with Gasteiger partial charge in [-0.25, -0.2) is 0 Å². The Morgan fingerprint density at radius 1 is 0.540 bits per heavy atom. The second-order valence-electron chi connectivity index (χ2n) is 11.9. The Labute approximate surface area is 294 Å². The molecule has 0 saturated carbocycles. The fourth-order valence-corrected chi connectivity index (χ4v) is 5.92. The molecule has 1 saturated heterocycles. The predicted molar refractivity (Wildman–Crippen MR) is 187 cm³/mol. The molecule has 4 aromatic rings. The Hall–Kier alpha value is -4.38. The van der Waals surface area contributed by atoms with Gasteiger partial charge in [0.2, 0.25) is 0 Å². The number of carbonyl (C=O) groups is 2. The van der Waals surface area contributed by atoms with Crippen LogP contribution in [0.5, 0.6) is 0 Å². The predicted octanol–water partition coefficient (Wildman–Crippen LogP) is 6.47. The summed E-state index contributed by atoms with van der Waals surface area (Å²) >= 11 is 0. The highest BCUT2D eigenvalue weighted by atomic mass is 16.6. The molecule has 0 aromatic heterocycles. The topological polar surface area (TPSA) is 98.8 Å². The summed E-state index contributed by atoms with van der Waals surface area (Å²) in [6, 6.07) is 39.0. The molecule has 1 heterocycles. The molecule has 0 bridgehead atoms. The standard InChI is InChI=1S/C41H46O9/c1-3-45-40(42)35(41(43)46-4-2)37-39(49-28-33-23-15-8-16-24-33)38(48-27-32-21-13-7-14-22-32)36(47-26-31-19-11-6-12-20-31)34(50-37)29-44-25-30-17-9-5-10-18-30/h5-24,34-39H,3-4,25-29H2,1-2H3/t34-,36+,37+,38+,39+/m1/s1. The summed E-state index contributed by atoms with van der Waals surface area (Å²) in [5, 5.41) is 0. The van der Waals surface area contributed by atoms with E-state index in [1.54, 1.807) is 13.8 Å². The summed E-state index contributed by atoms with van der Waals surface area (Å²) in [7, 11) is 0. The van der Waals surface area contributed by atoms with E-state index in [1.165, 1.54) is 0 Å². The highest BCUT2D eigenvalue weighted by Gasteiger charge is 2.55. The zero-order chi connectivity index (χ0) is 35.0. The second-order valence-corrected chi connectivity index (χ2v) is 11.9. The summed E-state index contributed by atoms with van der Waals surface area (Å²) in [6.45, 7) is 4.54. The van der Waals surface area contributed by atoms with Crippen LogP contribution in [-0.4, -0.2) is 62.3 Å². The van der Waals surface area contributed by atoms with Crippen molar-refractivity contribution in [2.45, 2.75) is 70.8 Å². The quantitative estimate of drug-likeness (QED) is 0.0864. The van der Waals surface area contributed by atoms with Gasteiger partial charge in [0.25, 0.3) is 0 Å². The van der Waals surface area contributed by atoms with E-state index in [-0.39, 0.29) is 39.6 Å². The highest BCUT2D eigenvalue weighted by Crippen LogP contribution is 2.35. The number of esters is 2. The number of ether oxygens (including phenoxy) is 7. The lowest BCUT2D eigenvalue weighted by atomic mass is 9.87. The van der Waals surface area contributed by atoms with Crippen LogP contribution in [0.25, 0.3) is 0 Å². The molecule has 0 spiro atoms. The summed E-state index contributed by atoms with van der Waals surface area (Å²) < 4.78 is 43.9. The van der Waals surface area contributed by atoms with Crippen molar-refractivity contribution in [1.29, 1.82) is 0 Å². The molecule has 9 heteroatoms. The maximum atomic E-state index is 13.6. The molecule has 0 radical (unpaired) electrons. The summed E-state index contributed by atoms with van der Waals surface area (Å²) in [4.78, 5) is 27.2. The lowest BCUT2D eigenvalue weighted by Gasteiger charge is -2.47. The smallest absolute Gasteiger partial charge is 0.323 e. The molecule has 1 fully saturated rings. The van der Waals surface area contributed by atoms with Crippen LogP contribution in [0.1, 0.15) is 36.1 Å². The third-order valence-corrected chi connectivity index (χ3v) is 8.33. The Bertz CT molecular complexity index is 1530. The van der Waals surface area contributed by atoms with Crippen LogP contribution >= 0.6 is 0 Å². The van der Waals surface area contributed by atoms with Crippen molar-refractivity contribution in [2.24, 2.45) is 5.92 Å². The molecule has 9 nitrogen and oxygen atoms in total. The first-order valence-corrected chi connectivity index (χ1v) is 17.1. The molecule has 0 N–H and O–H groups in total. The summed E-state index contributed by atoms with van der Waals surface area (Å²) in [5.41, 5.74) is 3.77. The second kappa shape index (κ2) is 19.7. The number of hydrogen-bond donors (Lipinski definition) is 0. The summed E-state index contributed by atoms with van der Waals surface area (Å²) in [5.74, 6) is -2.98. The third-order valence-electron chi connectivity index (χ3n) is 8.33. The Morgan fingerprint density at radius 3 is 1.34 bits per heavy atom. The number of benzene rings is 4. The molecule has 5 atom stereocenters.